The van der Waals surface area contributed by atoms with E-state index in [9.17, 15) is 5.11 Å². The molecule has 1 aromatic heterocycles. The highest BCUT2D eigenvalue weighted by Crippen LogP contribution is 2.31. The number of fused-ring (bicyclic) bond motifs is 1. The highest BCUT2D eigenvalue weighted by atomic mass is 32.1. The third-order valence-corrected chi connectivity index (χ3v) is 4.58. The van der Waals surface area contributed by atoms with Crippen molar-refractivity contribution in [2.24, 2.45) is 5.41 Å². The van der Waals surface area contributed by atoms with Gasteiger partial charge in [-0.05, 0) is 25.1 Å². The van der Waals surface area contributed by atoms with Gasteiger partial charge in [-0.25, -0.2) is 4.98 Å². The molecular formula is C14H18N2O2S. The van der Waals surface area contributed by atoms with Crippen LogP contribution in [0.3, 0.4) is 0 Å². The van der Waals surface area contributed by atoms with Crippen LogP contribution in [0.1, 0.15) is 5.01 Å². The normalized spacial score (nSPS) is 17.4. The minimum atomic E-state index is -0.0900. The zero-order chi connectivity index (χ0) is 13.5. The van der Waals surface area contributed by atoms with Gasteiger partial charge in [0.2, 0.25) is 0 Å². The summed E-state index contributed by atoms with van der Waals surface area (Å²) < 4.78 is 6.46. The maximum Gasteiger partial charge on any atom is 0.0907 e. The molecule has 0 bridgehead atoms. The Bertz CT molecular complexity index is 587. The molecule has 0 aliphatic carbocycles. The lowest BCUT2D eigenvalue weighted by atomic mass is 9.86. The van der Waals surface area contributed by atoms with Crippen LogP contribution in [0.2, 0.25) is 0 Å². The Hall–Kier alpha value is -1.17. The molecule has 0 radical (unpaired) electrons. The predicted octanol–water partition coefficient (Wildman–Crippen LogP) is 2.05. The largest absolute Gasteiger partial charge is 0.396 e. The third kappa shape index (κ3) is 2.33. The van der Waals surface area contributed by atoms with Gasteiger partial charge in [0.15, 0.2) is 0 Å². The molecule has 3 rings (SSSR count). The summed E-state index contributed by atoms with van der Waals surface area (Å²) in [5, 5.41) is 10.6. The lowest BCUT2D eigenvalue weighted by Gasteiger charge is -2.42. The SMILES string of the molecule is Cc1nc2ccc(N(C)CC3(CO)COC3)cc2s1. The predicted molar refractivity (Wildman–Crippen MR) is 78.0 cm³/mol. The van der Waals surface area contributed by atoms with Crippen LogP contribution in [-0.4, -0.2) is 43.5 Å². The molecule has 4 nitrogen and oxygen atoms in total. The first-order valence-electron chi connectivity index (χ1n) is 6.39. The molecule has 0 spiro atoms. The maximum absolute atomic E-state index is 9.49. The van der Waals surface area contributed by atoms with E-state index in [-0.39, 0.29) is 12.0 Å². The van der Waals surface area contributed by atoms with Gasteiger partial charge in [-0.1, -0.05) is 0 Å². The molecule has 2 heterocycles. The number of hydrogen-bond donors (Lipinski definition) is 1. The van der Waals surface area contributed by atoms with Gasteiger partial charge < -0.3 is 14.7 Å². The van der Waals surface area contributed by atoms with E-state index in [2.05, 4.69) is 35.1 Å². The first-order valence-corrected chi connectivity index (χ1v) is 7.20. The second kappa shape index (κ2) is 4.74. The standard InChI is InChI=1S/C14H18N2O2S/c1-10-15-12-4-3-11(5-13(12)19-10)16(2)6-14(7-17)8-18-9-14/h3-5,17H,6-9H2,1-2H3. The van der Waals surface area contributed by atoms with Crippen LogP contribution < -0.4 is 4.90 Å². The molecule has 0 atom stereocenters. The van der Waals surface area contributed by atoms with Crippen molar-refractivity contribution in [3.63, 3.8) is 0 Å². The van der Waals surface area contributed by atoms with Crippen molar-refractivity contribution in [1.82, 2.24) is 4.98 Å². The second-order valence-corrected chi connectivity index (χ2v) is 6.63. The van der Waals surface area contributed by atoms with Crippen LogP contribution in [0.25, 0.3) is 10.2 Å². The molecule has 19 heavy (non-hydrogen) atoms. The summed E-state index contributed by atoms with van der Waals surface area (Å²) in [4.78, 5) is 6.66. The van der Waals surface area contributed by atoms with E-state index < -0.39 is 0 Å². The fraction of sp³-hybridized carbons (Fsp3) is 0.500. The van der Waals surface area contributed by atoms with Gasteiger partial charge >= 0.3 is 0 Å². The smallest absolute Gasteiger partial charge is 0.0907 e. The summed E-state index contributed by atoms with van der Waals surface area (Å²) in [5.74, 6) is 0. The summed E-state index contributed by atoms with van der Waals surface area (Å²) >= 11 is 1.72. The summed E-state index contributed by atoms with van der Waals surface area (Å²) in [6, 6.07) is 6.32. The average Bonchev–Trinajstić information content (AvgIpc) is 2.72. The molecular weight excluding hydrogens is 260 g/mol. The number of anilines is 1. The number of ether oxygens (including phenoxy) is 1. The lowest BCUT2D eigenvalue weighted by Crippen LogP contribution is -2.52. The van der Waals surface area contributed by atoms with Gasteiger partial charge in [0, 0.05) is 19.3 Å². The molecule has 1 aliphatic rings. The molecule has 1 saturated heterocycles. The van der Waals surface area contributed by atoms with Crippen molar-refractivity contribution in [3.8, 4) is 0 Å². The monoisotopic (exact) mass is 278 g/mol. The maximum atomic E-state index is 9.49. The number of benzene rings is 1. The first-order chi connectivity index (χ1) is 9.12. The molecule has 102 valence electrons. The van der Waals surface area contributed by atoms with Crippen molar-refractivity contribution < 1.29 is 9.84 Å². The number of aliphatic hydroxyl groups excluding tert-OH is 1. The van der Waals surface area contributed by atoms with Crippen LogP contribution in [0.5, 0.6) is 0 Å². The van der Waals surface area contributed by atoms with Crippen molar-refractivity contribution in [3.05, 3.63) is 23.2 Å². The summed E-state index contributed by atoms with van der Waals surface area (Å²) in [5.41, 5.74) is 2.13. The molecule has 0 unspecified atom stereocenters. The molecule has 1 aliphatic heterocycles. The van der Waals surface area contributed by atoms with Crippen LogP contribution >= 0.6 is 11.3 Å². The van der Waals surface area contributed by atoms with Crippen molar-refractivity contribution in [1.29, 1.82) is 0 Å². The van der Waals surface area contributed by atoms with Crippen LogP contribution in [0, 0.1) is 12.3 Å². The van der Waals surface area contributed by atoms with E-state index in [0.717, 1.165) is 22.8 Å². The highest BCUT2D eigenvalue weighted by molar-refractivity contribution is 7.18. The van der Waals surface area contributed by atoms with E-state index in [1.54, 1.807) is 11.3 Å². The summed E-state index contributed by atoms with van der Waals surface area (Å²) in [7, 11) is 2.06. The van der Waals surface area contributed by atoms with Crippen molar-refractivity contribution in [2.45, 2.75) is 6.92 Å². The molecule has 5 heteroatoms. The topological polar surface area (TPSA) is 45.6 Å². The molecule has 1 aromatic carbocycles. The molecule has 1 fully saturated rings. The van der Waals surface area contributed by atoms with E-state index in [0.29, 0.717) is 13.2 Å². The molecule has 2 aromatic rings. The van der Waals surface area contributed by atoms with Gasteiger partial charge in [0.05, 0.1) is 40.5 Å². The minimum Gasteiger partial charge on any atom is -0.396 e. The zero-order valence-corrected chi connectivity index (χ0v) is 12.0. The fourth-order valence-corrected chi connectivity index (χ4v) is 3.34. The third-order valence-electron chi connectivity index (χ3n) is 3.64. The number of aliphatic hydroxyl groups is 1. The van der Waals surface area contributed by atoms with Crippen molar-refractivity contribution in [2.75, 3.05) is 38.3 Å². The van der Waals surface area contributed by atoms with E-state index in [4.69, 9.17) is 4.74 Å². The second-order valence-electron chi connectivity index (χ2n) is 5.39. The van der Waals surface area contributed by atoms with Gasteiger partial charge in [-0.15, -0.1) is 11.3 Å². The Kier molecular flexibility index (Phi) is 3.20. The van der Waals surface area contributed by atoms with Gasteiger partial charge in [-0.3, -0.25) is 0 Å². The number of hydrogen-bond acceptors (Lipinski definition) is 5. The van der Waals surface area contributed by atoms with E-state index >= 15 is 0 Å². The summed E-state index contributed by atoms with van der Waals surface area (Å²) in [6.45, 7) is 4.32. The molecule has 0 saturated carbocycles. The number of aromatic nitrogens is 1. The van der Waals surface area contributed by atoms with Crippen LogP contribution in [0.15, 0.2) is 18.2 Å². The first kappa shape index (κ1) is 12.8. The van der Waals surface area contributed by atoms with Gasteiger partial charge in [0.1, 0.15) is 0 Å². The summed E-state index contributed by atoms with van der Waals surface area (Å²) in [6.07, 6.45) is 0. The quantitative estimate of drug-likeness (QED) is 0.930. The Morgan fingerprint density at radius 3 is 2.89 bits per heavy atom. The van der Waals surface area contributed by atoms with Gasteiger partial charge in [-0.2, -0.15) is 0 Å². The van der Waals surface area contributed by atoms with Crippen molar-refractivity contribution >= 4 is 27.2 Å². The van der Waals surface area contributed by atoms with E-state index in [1.807, 2.05) is 6.92 Å². The Morgan fingerprint density at radius 2 is 2.26 bits per heavy atom. The molecule has 0 amide bonds. The lowest BCUT2D eigenvalue weighted by molar-refractivity contribution is -0.130. The number of aryl methyl sites for hydroxylation is 1. The number of rotatable bonds is 4. The van der Waals surface area contributed by atoms with E-state index in [1.165, 1.54) is 4.70 Å². The average molecular weight is 278 g/mol. The number of nitrogens with zero attached hydrogens (tertiary/aromatic N) is 2. The Morgan fingerprint density at radius 1 is 1.47 bits per heavy atom. The highest BCUT2D eigenvalue weighted by Gasteiger charge is 2.39. The Balaban J connectivity index is 1.82. The van der Waals surface area contributed by atoms with Crippen LogP contribution in [0.4, 0.5) is 5.69 Å². The Labute approximate surface area is 116 Å². The van der Waals surface area contributed by atoms with Crippen LogP contribution in [-0.2, 0) is 4.74 Å². The van der Waals surface area contributed by atoms with Gasteiger partial charge in [0.25, 0.3) is 0 Å². The minimum absolute atomic E-state index is 0.0900. The zero-order valence-electron chi connectivity index (χ0n) is 11.2. The molecule has 1 N–H and O–H groups in total. The number of thiazole rings is 1. The fourth-order valence-electron chi connectivity index (χ4n) is 2.48.